The van der Waals surface area contributed by atoms with E-state index in [9.17, 15) is 22.6 Å². The van der Waals surface area contributed by atoms with Crippen LogP contribution in [-0.4, -0.2) is 41.6 Å². The van der Waals surface area contributed by atoms with E-state index in [0.717, 1.165) is 17.7 Å². The van der Waals surface area contributed by atoms with Crippen molar-refractivity contribution in [1.29, 1.82) is 0 Å². The number of anilines is 1. The van der Waals surface area contributed by atoms with Gasteiger partial charge in [-0.2, -0.15) is 0 Å². The highest BCUT2D eigenvalue weighted by atomic mass is 32.2. The topological polar surface area (TPSA) is 150 Å². The van der Waals surface area contributed by atoms with Crippen LogP contribution in [0.5, 0.6) is 0 Å². The number of nitrogens with zero attached hydrogens (tertiary/aromatic N) is 1. The normalized spacial score (nSPS) is 13.7. The molecule has 2 amide bonds. The van der Waals surface area contributed by atoms with Gasteiger partial charge in [-0.25, -0.2) is 18.2 Å². The molecule has 0 radical (unpaired) electrons. The van der Waals surface area contributed by atoms with Gasteiger partial charge in [0.25, 0.3) is 0 Å². The van der Waals surface area contributed by atoms with Crippen LogP contribution < -0.4 is 15.4 Å². The second kappa shape index (κ2) is 11.8. The molecule has 0 saturated heterocycles. The van der Waals surface area contributed by atoms with Gasteiger partial charge in [-0.05, 0) is 57.2 Å². The maximum Gasteiger partial charge on any atom is 0.408 e. The number of rotatable bonds is 10. The van der Waals surface area contributed by atoms with Gasteiger partial charge in [0.15, 0.2) is 10.3 Å². The Bertz CT molecular complexity index is 1110. The molecule has 0 bridgehead atoms. The summed E-state index contributed by atoms with van der Waals surface area (Å²) in [6, 6.07) is 4.97. The molecule has 1 aromatic carbocycles. The number of aryl methyl sites for hydroxylation is 1. The summed E-state index contributed by atoms with van der Waals surface area (Å²) >= 11 is 1.43. The van der Waals surface area contributed by atoms with Crippen molar-refractivity contribution in [3.8, 4) is 0 Å². The van der Waals surface area contributed by atoms with E-state index in [4.69, 9.17) is 4.74 Å². The molecule has 0 spiro atoms. The number of benzene rings is 1. The predicted octanol–water partition coefficient (Wildman–Crippen LogP) is 3.53. The van der Waals surface area contributed by atoms with E-state index in [2.05, 4.69) is 15.6 Å². The van der Waals surface area contributed by atoms with Crippen LogP contribution in [0.2, 0.25) is 0 Å². The van der Waals surface area contributed by atoms with E-state index in [0.29, 0.717) is 11.4 Å². The van der Waals surface area contributed by atoms with E-state index >= 15 is 0 Å². The number of hydrogen-bond donors (Lipinski definition) is 3. The maximum atomic E-state index is 13.2. The summed E-state index contributed by atoms with van der Waals surface area (Å²) in [5.74, 6) is -0.579. The molecule has 0 unspecified atom stereocenters. The minimum Gasteiger partial charge on any atom is -0.731 e. The predicted molar refractivity (Wildman–Crippen MR) is 134 cm³/mol. The van der Waals surface area contributed by atoms with Crippen LogP contribution in [0, 0.1) is 5.92 Å². The quantitative estimate of drug-likeness (QED) is 0.402. The van der Waals surface area contributed by atoms with Crippen molar-refractivity contribution in [3.63, 3.8) is 0 Å². The van der Waals surface area contributed by atoms with Crippen LogP contribution in [0.15, 0.2) is 29.6 Å². The van der Waals surface area contributed by atoms with Gasteiger partial charge in [0.1, 0.15) is 16.7 Å². The van der Waals surface area contributed by atoms with Gasteiger partial charge in [-0.3, -0.25) is 9.52 Å². The number of ether oxygens (including phenoxy) is 1. The second-order valence-corrected chi connectivity index (χ2v) is 11.4. The molecule has 35 heavy (non-hydrogen) atoms. The lowest BCUT2D eigenvalue weighted by molar-refractivity contribution is -0.125. The number of alkyl carbamates (subject to hydrolysis) is 1. The van der Waals surface area contributed by atoms with Gasteiger partial charge < -0.3 is 19.9 Å². The lowest BCUT2D eigenvalue weighted by atomic mass is 10.0. The van der Waals surface area contributed by atoms with Crippen LogP contribution in [0.25, 0.3) is 0 Å². The zero-order chi connectivity index (χ0) is 26.4. The zero-order valence-corrected chi connectivity index (χ0v) is 22.4. The van der Waals surface area contributed by atoms with Crippen LogP contribution in [-0.2, 0) is 32.7 Å². The Labute approximate surface area is 210 Å². The fourth-order valence-corrected chi connectivity index (χ4v) is 4.54. The van der Waals surface area contributed by atoms with E-state index in [1.165, 1.54) is 23.5 Å². The molecule has 2 atom stereocenters. The Kier molecular flexibility index (Phi) is 9.64. The summed E-state index contributed by atoms with van der Waals surface area (Å²) in [6.45, 7) is 10.9. The molecule has 0 aliphatic carbocycles. The third kappa shape index (κ3) is 9.82. The highest BCUT2D eigenvalue weighted by molar-refractivity contribution is 7.87. The number of carbonyl (C=O) groups excluding carboxylic acids is 2. The molecule has 3 N–H and O–H groups in total. The molecule has 0 fully saturated rings. The zero-order valence-electron chi connectivity index (χ0n) is 20.7. The number of amides is 2. The van der Waals surface area contributed by atoms with Crippen LogP contribution in [0.4, 0.5) is 10.5 Å². The minimum atomic E-state index is -4.62. The molecular formula is C23H33N4O6S2-. The fourth-order valence-electron chi connectivity index (χ4n) is 3.17. The summed E-state index contributed by atoms with van der Waals surface area (Å²) in [4.78, 5) is 30.2. The van der Waals surface area contributed by atoms with E-state index in [1.54, 1.807) is 32.9 Å². The van der Waals surface area contributed by atoms with Crippen LogP contribution >= 0.6 is 11.3 Å². The molecule has 2 rings (SSSR count). The molecule has 2 aromatic rings. The van der Waals surface area contributed by atoms with Crippen molar-refractivity contribution in [2.75, 3.05) is 4.72 Å². The number of aromatic nitrogens is 1. The Hall–Kier alpha value is -2.70. The summed E-state index contributed by atoms with van der Waals surface area (Å²) in [7, 11) is -4.62. The van der Waals surface area contributed by atoms with Gasteiger partial charge in [0.05, 0.1) is 11.7 Å². The first kappa shape index (κ1) is 28.5. The highest BCUT2D eigenvalue weighted by Gasteiger charge is 2.29. The number of carbonyl (C=O) groups is 2. The first-order valence-electron chi connectivity index (χ1n) is 11.2. The molecule has 10 nitrogen and oxygen atoms in total. The maximum absolute atomic E-state index is 13.2. The van der Waals surface area contributed by atoms with Gasteiger partial charge in [-0.15, -0.1) is 11.3 Å². The van der Waals surface area contributed by atoms with Crippen molar-refractivity contribution in [2.45, 2.75) is 72.1 Å². The Morgan fingerprint density at radius 2 is 1.77 bits per heavy atom. The van der Waals surface area contributed by atoms with E-state index in [-0.39, 0.29) is 17.5 Å². The summed E-state index contributed by atoms with van der Waals surface area (Å²) < 4.78 is 39.9. The van der Waals surface area contributed by atoms with Gasteiger partial charge in [0, 0.05) is 11.1 Å². The summed E-state index contributed by atoms with van der Waals surface area (Å²) in [6.07, 6.45) is 0.432. The SMILES string of the molecule is CCc1csc([C@H](Cc2ccc(NS(=O)(=O)[O-])cc2)NC(=O)[C@@H](NC(=O)OC(C)(C)C)C(C)C)n1. The first-order chi connectivity index (χ1) is 16.2. The highest BCUT2D eigenvalue weighted by Crippen LogP contribution is 2.24. The molecule has 0 aliphatic rings. The third-order valence-corrected chi connectivity index (χ3v) is 6.30. The minimum absolute atomic E-state index is 0.147. The summed E-state index contributed by atoms with van der Waals surface area (Å²) in [5.41, 5.74) is 1.14. The molecule has 1 heterocycles. The molecule has 0 aliphatic heterocycles. The third-order valence-electron chi connectivity index (χ3n) is 4.80. The number of thiazole rings is 1. The van der Waals surface area contributed by atoms with Crippen molar-refractivity contribution in [2.24, 2.45) is 5.92 Å². The average molecular weight is 526 g/mol. The monoisotopic (exact) mass is 525 g/mol. The molecular weight excluding hydrogens is 492 g/mol. The Morgan fingerprint density at radius 3 is 2.26 bits per heavy atom. The summed E-state index contributed by atoms with van der Waals surface area (Å²) in [5, 5.41) is 8.29. The Morgan fingerprint density at radius 1 is 1.14 bits per heavy atom. The lowest BCUT2D eigenvalue weighted by Crippen LogP contribution is -2.51. The number of hydrogen-bond acceptors (Lipinski definition) is 8. The molecule has 12 heteroatoms. The lowest BCUT2D eigenvalue weighted by Gasteiger charge is -2.27. The van der Waals surface area contributed by atoms with Crippen molar-refractivity contribution >= 4 is 39.3 Å². The van der Waals surface area contributed by atoms with E-state index < -0.39 is 34.1 Å². The Balaban J connectivity index is 2.23. The fraction of sp³-hybridized carbons (Fsp3) is 0.522. The largest absolute Gasteiger partial charge is 0.731 e. The molecule has 194 valence electrons. The first-order valence-corrected chi connectivity index (χ1v) is 13.5. The van der Waals surface area contributed by atoms with Gasteiger partial charge >= 0.3 is 6.09 Å². The van der Waals surface area contributed by atoms with Crippen LogP contribution in [0.1, 0.15) is 63.8 Å². The van der Waals surface area contributed by atoms with Gasteiger partial charge in [0.2, 0.25) is 5.91 Å². The van der Waals surface area contributed by atoms with Crippen molar-refractivity contribution in [3.05, 3.63) is 45.9 Å². The number of nitrogens with one attached hydrogen (secondary N) is 3. The van der Waals surface area contributed by atoms with Crippen molar-refractivity contribution in [1.82, 2.24) is 15.6 Å². The smallest absolute Gasteiger partial charge is 0.408 e. The second-order valence-electron chi connectivity index (χ2n) is 9.42. The van der Waals surface area contributed by atoms with Gasteiger partial charge in [-0.1, -0.05) is 32.9 Å². The molecule has 0 saturated carbocycles. The standard InChI is InChI=1S/C23H34N4O6S2/c1-7-16-13-34-21(24-16)18(12-15-8-10-17(11-9-15)27-35(30,31)32)25-20(28)19(14(2)3)26-22(29)33-23(4,5)6/h8-11,13-14,18-19,27H,7,12H2,1-6H3,(H,25,28)(H,26,29)(H,30,31,32)/p-1/t18-,19-/m0/s1. The van der Waals surface area contributed by atoms with E-state index in [1.807, 2.05) is 30.9 Å². The van der Waals surface area contributed by atoms with Crippen molar-refractivity contribution < 1.29 is 27.3 Å². The van der Waals surface area contributed by atoms with Crippen LogP contribution in [0.3, 0.4) is 0 Å². The average Bonchev–Trinajstić information content (AvgIpc) is 3.19. The molecule has 1 aromatic heterocycles.